The van der Waals surface area contributed by atoms with Crippen molar-refractivity contribution in [2.45, 2.75) is 25.3 Å². The topological polar surface area (TPSA) is 59.8 Å². The van der Waals surface area contributed by atoms with Crippen molar-refractivity contribution in [1.29, 1.82) is 0 Å². The lowest BCUT2D eigenvalue weighted by Gasteiger charge is -2.07. The third-order valence-corrected chi connectivity index (χ3v) is 4.58. The van der Waals surface area contributed by atoms with Gasteiger partial charge in [-0.1, -0.05) is 36.4 Å². The number of carbonyl (C=O) groups excluding carboxylic acids is 1. The zero-order chi connectivity index (χ0) is 18.5. The Kier molecular flexibility index (Phi) is 5.10. The second-order valence-corrected chi connectivity index (χ2v) is 6.70. The summed E-state index contributed by atoms with van der Waals surface area (Å²) >= 11 is 0. The number of amides is 1. The third kappa shape index (κ3) is 4.50. The van der Waals surface area contributed by atoms with E-state index in [1.807, 2.05) is 59.3 Å². The number of benzene rings is 1. The van der Waals surface area contributed by atoms with Gasteiger partial charge in [0, 0.05) is 30.4 Å². The van der Waals surface area contributed by atoms with Crippen molar-refractivity contribution in [1.82, 2.24) is 20.1 Å². The lowest BCUT2D eigenvalue weighted by molar-refractivity contribution is -0.116. The van der Waals surface area contributed by atoms with Crippen LogP contribution < -0.4 is 5.32 Å². The van der Waals surface area contributed by atoms with Gasteiger partial charge in [-0.05, 0) is 42.7 Å². The maximum absolute atomic E-state index is 12.0. The average molecular weight is 358 g/mol. The molecule has 0 unspecified atom stereocenters. The van der Waals surface area contributed by atoms with Gasteiger partial charge in [-0.15, -0.1) is 0 Å². The van der Waals surface area contributed by atoms with E-state index >= 15 is 0 Å². The molecule has 1 saturated carbocycles. The number of hydrogen-bond acceptors (Lipinski definition) is 3. The second-order valence-electron chi connectivity index (χ2n) is 6.70. The summed E-state index contributed by atoms with van der Waals surface area (Å²) in [6.45, 7) is 1.20. The number of aromatic nitrogens is 3. The first-order valence-electron chi connectivity index (χ1n) is 9.30. The molecule has 136 valence electrons. The summed E-state index contributed by atoms with van der Waals surface area (Å²) in [6, 6.07) is 17.8. The van der Waals surface area contributed by atoms with Gasteiger partial charge in [0.25, 0.3) is 0 Å². The van der Waals surface area contributed by atoms with Gasteiger partial charge in [0.2, 0.25) is 5.91 Å². The molecule has 2 aromatic heterocycles. The minimum Gasteiger partial charge on any atom is -0.351 e. The smallest absolute Gasteiger partial charge is 0.244 e. The summed E-state index contributed by atoms with van der Waals surface area (Å²) in [5.41, 5.74) is 4.03. The van der Waals surface area contributed by atoms with Gasteiger partial charge in [-0.2, -0.15) is 5.10 Å². The Labute approximate surface area is 158 Å². The van der Waals surface area contributed by atoms with E-state index in [1.165, 1.54) is 18.5 Å². The Morgan fingerprint density at radius 3 is 2.67 bits per heavy atom. The minimum atomic E-state index is -0.0936. The highest BCUT2D eigenvalue weighted by atomic mass is 16.1. The average Bonchev–Trinajstić information content (AvgIpc) is 3.48. The largest absolute Gasteiger partial charge is 0.351 e. The molecule has 0 radical (unpaired) electrons. The molecule has 2 heterocycles. The molecule has 0 aliphatic heterocycles. The molecule has 0 atom stereocenters. The number of carbonyl (C=O) groups is 1. The fraction of sp³-hybridized carbons (Fsp3) is 0.227. The van der Waals surface area contributed by atoms with Crippen molar-refractivity contribution in [2.24, 2.45) is 0 Å². The molecule has 3 aromatic rings. The summed E-state index contributed by atoms with van der Waals surface area (Å²) in [4.78, 5) is 16.4. The molecule has 27 heavy (non-hydrogen) atoms. The lowest BCUT2D eigenvalue weighted by atomic mass is 10.2. The van der Waals surface area contributed by atoms with Gasteiger partial charge >= 0.3 is 0 Å². The summed E-state index contributed by atoms with van der Waals surface area (Å²) in [5.74, 6) is 0.493. The monoisotopic (exact) mass is 358 g/mol. The Bertz CT molecular complexity index is 927. The second kappa shape index (κ2) is 7.99. The Balaban J connectivity index is 1.37. The van der Waals surface area contributed by atoms with Crippen LogP contribution in [0.4, 0.5) is 0 Å². The van der Waals surface area contributed by atoms with Gasteiger partial charge in [-0.25, -0.2) is 0 Å². The summed E-state index contributed by atoms with van der Waals surface area (Å²) in [5, 5.41) is 7.65. The molecule has 1 aliphatic carbocycles. The lowest BCUT2D eigenvalue weighted by Crippen LogP contribution is -2.26. The van der Waals surface area contributed by atoms with Crippen LogP contribution in [-0.2, 0) is 11.3 Å². The van der Waals surface area contributed by atoms with E-state index in [0.717, 1.165) is 17.0 Å². The van der Waals surface area contributed by atoms with E-state index < -0.39 is 0 Å². The van der Waals surface area contributed by atoms with Crippen LogP contribution in [0.2, 0.25) is 0 Å². The summed E-state index contributed by atoms with van der Waals surface area (Å²) < 4.78 is 2.02. The quantitative estimate of drug-likeness (QED) is 0.656. The van der Waals surface area contributed by atoms with Crippen LogP contribution in [0.25, 0.3) is 17.5 Å². The van der Waals surface area contributed by atoms with Gasteiger partial charge < -0.3 is 5.32 Å². The fourth-order valence-corrected chi connectivity index (χ4v) is 3.04. The number of hydrogen-bond donors (Lipinski definition) is 1. The molecule has 0 saturated heterocycles. The molecular weight excluding hydrogens is 336 g/mol. The van der Waals surface area contributed by atoms with E-state index in [0.29, 0.717) is 19.0 Å². The first-order chi connectivity index (χ1) is 13.3. The predicted octanol–water partition coefficient (Wildman–Crippen LogP) is 3.65. The Hall–Kier alpha value is -3.21. The predicted molar refractivity (Wildman–Crippen MR) is 106 cm³/mol. The van der Waals surface area contributed by atoms with Crippen LogP contribution in [0.15, 0.2) is 66.9 Å². The molecule has 1 aromatic carbocycles. The van der Waals surface area contributed by atoms with E-state index in [4.69, 9.17) is 5.10 Å². The standard InChI is InChI=1S/C22H22N4O/c27-22(12-9-17-6-2-1-3-7-17)24-14-15-26-21(18-10-11-18)16-20(25-26)19-8-4-5-13-23-19/h1-9,12-13,16,18H,10-11,14-15H2,(H,24,27)/b12-9+. The highest BCUT2D eigenvalue weighted by Crippen LogP contribution is 2.41. The van der Waals surface area contributed by atoms with Gasteiger partial charge in [0.05, 0.1) is 12.2 Å². The van der Waals surface area contributed by atoms with Crippen molar-refractivity contribution in [3.05, 3.63) is 78.1 Å². The molecule has 1 amide bonds. The zero-order valence-electron chi connectivity index (χ0n) is 15.1. The Morgan fingerprint density at radius 1 is 1.11 bits per heavy atom. The number of pyridine rings is 1. The van der Waals surface area contributed by atoms with Crippen LogP contribution in [0.5, 0.6) is 0 Å². The van der Waals surface area contributed by atoms with Gasteiger partial charge in [-0.3, -0.25) is 14.5 Å². The number of nitrogens with zero attached hydrogens (tertiary/aromatic N) is 3. The van der Waals surface area contributed by atoms with Crippen LogP contribution in [0, 0.1) is 0 Å². The van der Waals surface area contributed by atoms with Crippen LogP contribution in [-0.4, -0.2) is 27.2 Å². The van der Waals surface area contributed by atoms with E-state index in [1.54, 1.807) is 12.3 Å². The Morgan fingerprint density at radius 2 is 1.93 bits per heavy atom. The maximum atomic E-state index is 12.0. The first kappa shape index (κ1) is 17.2. The number of rotatable bonds is 7. The summed E-state index contributed by atoms with van der Waals surface area (Å²) in [6.07, 6.45) is 7.58. The summed E-state index contributed by atoms with van der Waals surface area (Å²) in [7, 11) is 0. The van der Waals surface area contributed by atoms with Crippen molar-refractivity contribution >= 4 is 12.0 Å². The van der Waals surface area contributed by atoms with E-state index in [2.05, 4.69) is 16.4 Å². The van der Waals surface area contributed by atoms with Gasteiger partial charge in [0.1, 0.15) is 5.69 Å². The fourth-order valence-electron chi connectivity index (χ4n) is 3.04. The molecule has 5 nitrogen and oxygen atoms in total. The van der Waals surface area contributed by atoms with Gasteiger partial charge in [0.15, 0.2) is 0 Å². The highest BCUT2D eigenvalue weighted by Gasteiger charge is 2.28. The molecule has 4 rings (SSSR count). The van der Waals surface area contributed by atoms with Crippen LogP contribution in [0.3, 0.4) is 0 Å². The van der Waals surface area contributed by atoms with E-state index in [-0.39, 0.29) is 5.91 Å². The molecule has 5 heteroatoms. The molecule has 0 bridgehead atoms. The normalized spacial score (nSPS) is 13.8. The van der Waals surface area contributed by atoms with Crippen molar-refractivity contribution in [3.63, 3.8) is 0 Å². The molecule has 1 N–H and O–H groups in total. The third-order valence-electron chi connectivity index (χ3n) is 4.58. The van der Waals surface area contributed by atoms with E-state index in [9.17, 15) is 4.79 Å². The maximum Gasteiger partial charge on any atom is 0.244 e. The van der Waals surface area contributed by atoms with Crippen LogP contribution in [0.1, 0.15) is 30.0 Å². The SMILES string of the molecule is O=C(/C=C/c1ccccc1)NCCn1nc(-c2ccccn2)cc1C1CC1. The van der Waals surface area contributed by atoms with Crippen molar-refractivity contribution in [3.8, 4) is 11.4 Å². The highest BCUT2D eigenvalue weighted by molar-refractivity contribution is 5.91. The van der Waals surface area contributed by atoms with Crippen LogP contribution >= 0.6 is 0 Å². The molecule has 0 spiro atoms. The van der Waals surface area contributed by atoms with Crippen molar-refractivity contribution in [2.75, 3.05) is 6.54 Å². The zero-order valence-corrected chi connectivity index (χ0v) is 15.1. The minimum absolute atomic E-state index is 0.0936. The number of nitrogens with one attached hydrogen (secondary N) is 1. The molecule has 1 fully saturated rings. The van der Waals surface area contributed by atoms with Crippen molar-refractivity contribution < 1.29 is 4.79 Å². The molecule has 1 aliphatic rings. The molecular formula is C22H22N4O. The first-order valence-corrected chi connectivity index (χ1v) is 9.30.